The van der Waals surface area contributed by atoms with Gasteiger partial charge in [0.1, 0.15) is 0 Å². The summed E-state index contributed by atoms with van der Waals surface area (Å²) >= 11 is 0. The van der Waals surface area contributed by atoms with Crippen LogP contribution < -0.4 is 0 Å². The maximum Gasteiger partial charge on any atom is 0.269 e. The first-order chi connectivity index (χ1) is 10.5. The van der Waals surface area contributed by atoms with E-state index in [1.165, 1.54) is 24.3 Å². The predicted octanol–water partition coefficient (Wildman–Crippen LogP) is 0.758. The van der Waals surface area contributed by atoms with E-state index < -0.39 is 14.8 Å². The molecule has 2 bridgehead atoms. The van der Waals surface area contributed by atoms with E-state index >= 15 is 0 Å². The summed E-state index contributed by atoms with van der Waals surface area (Å²) in [6.45, 7) is 4.60. The monoisotopic (exact) mass is 325 g/mol. The number of nitro benzene ring substituents is 1. The zero-order chi connectivity index (χ0) is 15.7. The fourth-order valence-electron chi connectivity index (χ4n) is 3.19. The molecule has 0 aliphatic carbocycles. The van der Waals surface area contributed by atoms with Crippen LogP contribution in [0.3, 0.4) is 0 Å². The summed E-state index contributed by atoms with van der Waals surface area (Å²) in [7, 11) is -3.40. The quantitative estimate of drug-likeness (QED) is 0.587. The summed E-state index contributed by atoms with van der Waals surface area (Å²) in [6.07, 6.45) is 1.11. The molecule has 2 aliphatic rings. The molecule has 2 heterocycles. The van der Waals surface area contributed by atoms with Crippen molar-refractivity contribution in [3.8, 4) is 0 Å². The van der Waals surface area contributed by atoms with Crippen molar-refractivity contribution in [2.24, 2.45) is 0 Å². The van der Waals surface area contributed by atoms with Crippen LogP contribution in [0.1, 0.15) is 6.42 Å². The summed E-state index contributed by atoms with van der Waals surface area (Å²) in [5.41, 5.74) is -0.0963. The smallest absolute Gasteiger partial charge is 0.269 e. The second kappa shape index (κ2) is 5.94. The first-order valence-electron chi connectivity index (χ1n) is 7.39. The average Bonchev–Trinajstić information content (AvgIpc) is 2.89. The summed E-state index contributed by atoms with van der Waals surface area (Å²) in [4.78, 5) is 14.9. The minimum atomic E-state index is -3.40. The molecule has 1 aromatic rings. The topological polar surface area (TPSA) is 83.8 Å². The lowest BCUT2D eigenvalue weighted by molar-refractivity contribution is -0.384. The van der Waals surface area contributed by atoms with Crippen molar-refractivity contribution in [1.29, 1.82) is 0 Å². The zero-order valence-corrected chi connectivity index (χ0v) is 13.0. The number of rotatable bonds is 5. The van der Waals surface area contributed by atoms with Gasteiger partial charge in [-0.05, 0) is 25.1 Å². The van der Waals surface area contributed by atoms with E-state index in [1.54, 1.807) is 0 Å². The molecule has 0 radical (unpaired) electrons. The third-order valence-electron chi connectivity index (χ3n) is 4.52. The Hall–Kier alpha value is -1.51. The van der Waals surface area contributed by atoms with E-state index in [1.807, 2.05) is 0 Å². The molecule has 7 nitrogen and oxygen atoms in total. The Labute approximate surface area is 129 Å². The first-order valence-corrected chi connectivity index (χ1v) is 9.04. The lowest BCUT2D eigenvalue weighted by atomic mass is 10.2. The number of hydrogen-bond acceptors (Lipinski definition) is 6. The van der Waals surface area contributed by atoms with Gasteiger partial charge in [-0.15, -0.1) is 0 Å². The Morgan fingerprint density at radius 1 is 1.18 bits per heavy atom. The largest absolute Gasteiger partial charge is 0.300 e. The van der Waals surface area contributed by atoms with Crippen LogP contribution in [-0.2, 0) is 9.84 Å². The van der Waals surface area contributed by atoms with Gasteiger partial charge in [-0.3, -0.25) is 15.0 Å². The Balaban J connectivity index is 1.64. The number of non-ortho nitro benzene ring substituents is 1. The van der Waals surface area contributed by atoms with Gasteiger partial charge >= 0.3 is 0 Å². The van der Waals surface area contributed by atoms with Crippen LogP contribution in [0.15, 0.2) is 29.2 Å². The Kier molecular flexibility index (Phi) is 4.16. The molecule has 0 spiro atoms. The molecule has 2 atom stereocenters. The number of nitro groups is 1. The van der Waals surface area contributed by atoms with Gasteiger partial charge in [0, 0.05) is 44.4 Å². The zero-order valence-electron chi connectivity index (χ0n) is 12.2. The van der Waals surface area contributed by atoms with Gasteiger partial charge < -0.3 is 4.90 Å². The normalized spacial score (nSPS) is 25.3. The number of benzene rings is 1. The van der Waals surface area contributed by atoms with Crippen molar-refractivity contribution in [3.05, 3.63) is 34.4 Å². The Morgan fingerprint density at radius 2 is 1.91 bits per heavy atom. The first kappa shape index (κ1) is 15.4. The van der Waals surface area contributed by atoms with E-state index in [2.05, 4.69) is 9.80 Å². The van der Waals surface area contributed by atoms with Gasteiger partial charge in [0.15, 0.2) is 9.84 Å². The molecule has 2 aliphatic heterocycles. The van der Waals surface area contributed by atoms with Crippen molar-refractivity contribution in [1.82, 2.24) is 9.80 Å². The van der Waals surface area contributed by atoms with Gasteiger partial charge in [0.2, 0.25) is 0 Å². The van der Waals surface area contributed by atoms with E-state index in [9.17, 15) is 18.5 Å². The summed E-state index contributed by atoms with van der Waals surface area (Å²) in [5, 5.41) is 10.6. The average molecular weight is 325 g/mol. The lowest BCUT2D eigenvalue weighted by Crippen LogP contribution is -2.48. The molecule has 3 rings (SSSR count). The molecule has 120 valence electrons. The number of nitrogens with zero attached hydrogens (tertiary/aromatic N) is 3. The van der Waals surface area contributed by atoms with Gasteiger partial charge in [0.25, 0.3) is 5.69 Å². The standard InChI is InChI=1S/C14H19N3O4S/c18-17(19)12-1-3-14(4-2-12)22(20,21)10-9-16-8-7-15-6-5-13(16)11-15/h1-4,13H,5-11H2/t13-/m0/s1. The minimum Gasteiger partial charge on any atom is -0.300 e. The molecule has 22 heavy (non-hydrogen) atoms. The second-order valence-electron chi connectivity index (χ2n) is 5.85. The van der Waals surface area contributed by atoms with Gasteiger partial charge in [-0.25, -0.2) is 8.42 Å². The molecular weight excluding hydrogens is 306 g/mol. The summed E-state index contributed by atoms with van der Waals surface area (Å²) in [6, 6.07) is 5.59. The van der Waals surface area contributed by atoms with Gasteiger partial charge in [0.05, 0.1) is 15.6 Å². The van der Waals surface area contributed by atoms with Crippen LogP contribution in [-0.4, -0.2) is 67.7 Å². The van der Waals surface area contributed by atoms with Crippen molar-refractivity contribution in [3.63, 3.8) is 0 Å². The SMILES string of the molecule is O=[N+]([O-])c1ccc(S(=O)(=O)CCN2CCN3CC[C@H]2C3)cc1. The van der Waals surface area contributed by atoms with E-state index in [0.29, 0.717) is 12.6 Å². The molecule has 1 unspecified atom stereocenters. The number of fused-ring (bicyclic) bond motifs is 2. The highest BCUT2D eigenvalue weighted by atomic mass is 32.2. The molecular formula is C14H19N3O4S. The Morgan fingerprint density at radius 3 is 2.59 bits per heavy atom. The maximum atomic E-state index is 12.4. The van der Waals surface area contributed by atoms with Crippen molar-refractivity contribution in [2.75, 3.05) is 38.5 Å². The van der Waals surface area contributed by atoms with E-state index in [0.717, 1.165) is 32.6 Å². The highest BCUT2D eigenvalue weighted by molar-refractivity contribution is 7.91. The van der Waals surface area contributed by atoms with E-state index in [-0.39, 0.29) is 16.3 Å². The van der Waals surface area contributed by atoms with Gasteiger partial charge in [-0.2, -0.15) is 0 Å². The van der Waals surface area contributed by atoms with Crippen LogP contribution >= 0.6 is 0 Å². The predicted molar refractivity (Wildman–Crippen MR) is 81.6 cm³/mol. The molecule has 0 N–H and O–H groups in total. The molecule has 2 saturated heterocycles. The van der Waals surface area contributed by atoms with Crippen LogP contribution in [0.5, 0.6) is 0 Å². The highest BCUT2D eigenvalue weighted by Gasteiger charge is 2.32. The fourth-order valence-corrected chi connectivity index (χ4v) is 4.45. The highest BCUT2D eigenvalue weighted by Crippen LogP contribution is 2.21. The maximum absolute atomic E-state index is 12.4. The van der Waals surface area contributed by atoms with Gasteiger partial charge in [-0.1, -0.05) is 0 Å². The lowest BCUT2D eigenvalue weighted by Gasteiger charge is -2.34. The second-order valence-corrected chi connectivity index (χ2v) is 7.96. The number of piperazine rings is 1. The van der Waals surface area contributed by atoms with Crippen LogP contribution in [0.4, 0.5) is 5.69 Å². The van der Waals surface area contributed by atoms with Crippen LogP contribution in [0, 0.1) is 10.1 Å². The summed E-state index contributed by atoms with van der Waals surface area (Å²) in [5.74, 6) is 0.0569. The molecule has 2 fully saturated rings. The molecule has 0 amide bonds. The number of hydrogen-bond donors (Lipinski definition) is 0. The third kappa shape index (κ3) is 3.13. The fraction of sp³-hybridized carbons (Fsp3) is 0.571. The molecule has 1 aromatic carbocycles. The molecule has 0 aromatic heterocycles. The van der Waals surface area contributed by atoms with E-state index in [4.69, 9.17) is 0 Å². The third-order valence-corrected chi connectivity index (χ3v) is 6.23. The Bertz CT molecular complexity index is 659. The van der Waals surface area contributed by atoms with Crippen LogP contribution in [0.25, 0.3) is 0 Å². The van der Waals surface area contributed by atoms with Crippen molar-refractivity contribution >= 4 is 15.5 Å². The number of sulfone groups is 1. The van der Waals surface area contributed by atoms with Crippen molar-refractivity contribution < 1.29 is 13.3 Å². The summed E-state index contributed by atoms with van der Waals surface area (Å²) < 4.78 is 24.7. The molecule has 8 heteroatoms. The van der Waals surface area contributed by atoms with Crippen molar-refractivity contribution in [2.45, 2.75) is 17.4 Å². The minimum absolute atomic E-state index is 0.0569. The molecule has 0 saturated carbocycles. The van der Waals surface area contributed by atoms with Crippen LogP contribution in [0.2, 0.25) is 0 Å².